The summed E-state index contributed by atoms with van der Waals surface area (Å²) in [7, 11) is 0. The van der Waals surface area contributed by atoms with Gasteiger partial charge in [-0.25, -0.2) is 9.59 Å². The van der Waals surface area contributed by atoms with E-state index in [1.54, 1.807) is 23.5 Å². The normalized spacial score (nSPS) is 11.3. The second kappa shape index (κ2) is 11.7. The van der Waals surface area contributed by atoms with E-state index in [4.69, 9.17) is 4.74 Å². The van der Waals surface area contributed by atoms with Gasteiger partial charge in [0.2, 0.25) is 0 Å². The number of carbonyl (C=O) groups excluding carboxylic acids is 2. The van der Waals surface area contributed by atoms with Gasteiger partial charge in [0, 0.05) is 31.8 Å². The van der Waals surface area contributed by atoms with Crippen LogP contribution >= 0.6 is 39.5 Å². The molecule has 0 aromatic heterocycles. The van der Waals surface area contributed by atoms with Crippen LogP contribution in [-0.4, -0.2) is 29.7 Å². The van der Waals surface area contributed by atoms with E-state index < -0.39 is 12.1 Å². The summed E-state index contributed by atoms with van der Waals surface area (Å²) in [5.74, 6) is 0.368. The lowest BCUT2D eigenvalue weighted by molar-refractivity contribution is -0.143. The summed E-state index contributed by atoms with van der Waals surface area (Å²) in [6, 6.07) is 17.7. The molecule has 0 radical (unpaired) electrons. The van der Waals surface area contributed by atoms with E-state index in [2.05, 4.69) is 27.3 Å². The van der Waals surface area contributed by atoms with E-state index in [-0.39, 0.29) is 6.10 Å². The molecule has 2 rings (SSSR count). The second-order valence-corrected chi connectivity index (χ2v) is 8.25. The molecule has 2 aromatic rings. The summed E-state index contributed by atoms with van der Waals surface area (Å²) in [5.41, 5.74) is 1.96. The number of rotatable bonds is 8. The predicted molar refractivity (Wildman–Crippen MR) is 112 cm³/mol. The summed E-state index contributed by atoms with van der Waals surface area (Å²) in [6.45, 7) is 3.26. The van der Waals surface area contributed by atoms with Gasteiger partial charge >= 0.3 is 12.1 Å². The Morgan fingerprint density at radius 2 is 1.63 bits per heavy atom. The van der Waals surface area contributed by atoms with Gasteiger partial charge in [-0.3, -0.25) is 0 Å². The van der Waals surface area contributed by atoms with Crippen LogP contribution in [0.25, 0.3) is 0 Å². The first-order valence-corrected chi connectivity index (χ1v) is 10.7. The van der Waals surface area contributed by atoms with Crippen LogP contribution in [0, 0.1) is 0 Å². The maximum absolute atomic E-state index is 11.9. The first-order valence-electron chi connectivity index (χ1n) is 7.93. The predicted octanol–water partition coefficient (Wildman–Crippen LogP) is 5.07. The number of halogens is 1. The molecule has 142 valence electrons. The minimum Gasteiger partial charge on any atom is -0.442 e. The summed E-state index contributed by atoms with van der Waals surface area (Å²) < 4.78 is 6.40. The molecule has 0 fully saturated rings. The molecule has 0 bridgehead atoms. The van der Waals surface area contributed by atoms with Crippen molar-refractivity contribution in [3.05, 3.63) is 71.7 Å². The van der Waals surface area contributed by atoms with E-state index >= 15 is 0 Å². The summed E-state index contributed by atoms with van der Waals surface area (Å²) in [6.07, 6.45) is -0.251. The lowest BCUT2D eigenvalue weighted by Crippen LogP contribution is -2.32. The summed E-state index contributed by atoms with van der Waals surface area (Å²) in [4.78, 5) is 29.5. The number of benzene rings is 2. The van der Waals surface area contributed by atoms with E-state index in [1.807, 2.05) is 60.1 Å². The Labute approximate surface area is 175 Å². The van der Waals surface area contributed by atoms with Gasteiger partial charge in [0.15, 0.2) is 0 Å². The molecule has 27 heavy (non-hydrogen) atoms. The minimum absolute atomic E-state index is 0.383. The van der Waals surface area contributed by atoms with Gasteiger partial charge in [0.1, 0.15) is 6.10 Å². The standard InChI is InChI=1S/C19H18BrNO4S2/c1-2-18(22)25-21-19(23)24-15(12-26-16-6-4-3-5-7-16)13-27-17-10-8-14(20)9-11-17/h2-11,15H,1,12-13H2,(H,21,23). The Morgan fingerprint density at radius 3 is 2.22 bits per heavy atom. The van der Waals surface area contributed by atoms with Crippen molar-refractivity contribution in [2.24, 2.45) is 0 Å². The van der Waals surface area contributed by atoms with E-state index in [0.29, 0.717) is 11.5 Å². The van der Waals surface area contributed by atoms with Crippen molar-refractivity contribution in [2.75, 3.05) is 11.5 Å². The number of amides is 1. The summed E-state index contributed by atoms with van der Waals surface area (Å²) in [5, 5.41) is 0. The molecule has 8 heteroatoms. The lowest BCUT2D eigenvalue weighted by atomic mass is 10.4. The zero-order valence-electron chi connectivity index (χ0n) is 14.3. The van der Waals surface area contributed by atoms with Crippen molar-refractivity contribution in [1.29, 1.82) is 0 Å². The maximum atomic E-state index is 11.9. The Morgan fingerprint density at radius 1 is 1.04 bits per heavy atom. The molecule has 1 atom stereocenters. The van der Waals surface area contributed by atoms with Crippen LogP contribution in [0.1, 0.15) is 0 Å². The van der Waals surface area contributed by atoms with Crippen LogP contribution in [0.4, 0.5) is 4.79 Å². The van der Waals surface area contributed by atoms with Crippen molar-refractivity contribution in [2.45, 2.75) is 15.9 Å². The van der Waals surface area contributed by atoms with Gasteiger partial charge in [-0.1, -0.05) is 40.7 Å². The first kappa shape index (κ1) is 21.4. The third-order valence-corrected chi connectivity index (χ3v) is 5.92. The number of hydrogen-bond acceptors (Lipinski definition) is 6. The third kappa shape index (κ3) is 8.55. The van der Waals surface area contributed by atoms with Gasteiger partial charge in [-0.15, -0.1) is 29.0 Å². The second-order valence-electron chi connectivity index (χ2n) is 5.14. The molecule has 0 heterocycles. The average Bonchev–Trinajstić information content (AvgIpc) is 2.70. The minimum atomic E-state index is -0.819. The van der Waals surface area contributed by atoms with E-state index in [1.165, 1.54) is 0 Å². The SMILES string of the molecule is C=CC(=O)ONC(=O)OC(CSc1ccccc1)CSc1ccc(Br)cc1. The Kier molecular flexibility index (Phi) is 9.30. The molecule has 0 aliphatic carbocycles. The summed E-state index contributed by atoms with van der Waals surface area (Å²) >= 11 is 6.57. The van der Waals surface area contributed by atoms with Crippen LogP contribution in [0.3, 0.4) is 0 Å². The van der Waals surface area contributed by atoms with Gasteiger partial charge < -0.3 is 9.57 Å². The first-order chi connectivity index (χ1) is 13.1. The van der Waals surface area contributed by atoms with Crippen molar-refractivity contribution >= 4 is 51.5 Å². The molecule has 1 unspecified atom stereocenters. The van der Waals surface area contributed by atoms with Crippen LogP contribution in [-0.2, 0) is 14.4 Å². The fraction of sp³-hybridized carbons (Fsp3) is 0.158. The van der Waals surface area contributed by atoms with Gasteiger partial charge in [-0.05, 0) is 36.4 Å². The fourth-order valence-corrected chi connectivity index (χ4v) is 4.07. The number of thioether (sulfide) groups is 2. The Hall–Kier alpha value is -1.90. The van der Waals surface area contributed by atoms with Crippen LogP contribution in [0.5, 0.6) is 0 Å². The number of ether oxygens (including phenoxy) is 1. The van der Waals surface area contributed by atoms with E-state index in [0.717, 1.165) is 20.3 Å². The highest BCUT2D eigenvalue weighted by Gasteiger charge is 2.17. The van der Waals surface area contributed by atoms with Crippen molar-refractivity contribution < 1.29 is 19.2 Å². The van der Waals surface area contributed by atoms with Crippen LogP contribution < -0.4 is 5.48 Å². The van der Waals surface area contributed by atoms with Gasteiger partial charge in [0.05, 0.1) is 0 Å². The molecule has 1 N–H and O–H groups in total. The maximum Gasteiger partial charge on any atom is 0.441 e. The van der Waals surface area contributed by atoms with Crippen molar-refractivity contribution in [1.82, 2.24) is 5.48 Å². The third-order valence-electron chi connectivity index (χ3n) is 3.10. The molecule has 0 spiro atoms. The quantitative estimate of drug-likeness (QED) is 0.332. The molecule has 0 aliphatic heterocycles. The molecule has 2 aromatic carbocycles. The number of hydrogen-bond donors (Lipinski definition) is 1. The Bertz CT molecular complexity index is 756. The smallest absolute Gasteiger partial charge is 0.441 e. The number of nitrogens with one attached hydrogen (secondary N) is 1. The Balaban J connectivity index is 1.91. The monoisotopic (exact) mass is 467 g/mol. The largest absolute Gasteiger partial charge is 0.442 e. The molecule has 0 saturated carbocycles. The van der Waals surface area contributed by atoms with Crippen molar-refractivity contribution in [3.63, 3.8) is 0 Å². The van der Waals surface area contributed by atoms with Crippen molar-refractivity contribution in [3.8, 4) is 0 Å². The fourth-order valence-electron chi connectivity index (χ4n) is 1.85. The molecule has 0 saturated heterocycles. The molecular weight excluding hydrogens is 450 g/mol. The zero-order chi connectivity index (χ0) is 19.5. The number of hydroxylamine groups is 1. The van der Waals surface area contributed by atoms with E-state index in [9.17, 15) is 9.59 Å². The number of carbonyl (C=O) groups is 2. The van der Waals surface area contributed by atoms with Gasteiger partial charge in [-0.2, -0.15) is 0 Å². The average molecular weight is 468 g/mol. The zero-order valence-corrected chi connectivity index (χ0v) is 17.5. The van der Waals surface area contributed by atoms with Crippen LogP contribution in [0.2, 0.25) is 0 Å². The molecule has 0 aliphatic rings. The highest BCUT2D eigenvalue weighted by Crippen LogP contribution is 2.25. The van der Waals surface area contributed by atoms with Crippen LogP contribution in [0.15, 0.2) is 81.5 Å². The molecule has 1 amide bonds. The highest BCUT2D eigenvalue weighted by molar-refractivity contribution is 9.10. The van der Waals surface area contributed by atoms with Gasteiger partial charge in [0.25, 0.3) is 0 Å². The lowest BCUT2D eigenvalue weighted by Gasteiger charge is -2.17. The molecular formula is C19H18BrNO4S2. The highest BCUT2D eigenvalue weighted by atomic mass is 79.9. The topological polar surface area (TPSA) is 64.6 Å². The molecule has 5 nitrogen and oxygen atoms in total.